The molecule has 0 saturated carbocycles. The highest BCUT2D eigenvalue weighted by Gasteiger charge is 2.03. The van der Waals surface area contributed by atoms with Crippen molar-refractivity contribution in [3.8, 4) is 0 Å². The van der Waals surface area contributed by atoms with Gasteiger partial charge in [-0.15, -0.1) is 0 Å². The van der Waals surface area contributed by atoms with E-state index in [-0.39, 0.29) is 5.82 Å². The molecule has 1 aromatic heterocycles. The van der Waals surface area contributed by atoms with Gasteiger partial charge in [0.1, 0.15) is 5.82 Å². The Morgan fingerprint density at radius 2 is 2.00 bits per heavy atom. The maximum absolute atomic E-state index is 13.5. The lowest BCUT2D eigenvalue weighted by Gasteiger charge is -2.08. The number of hydrogen-bond donors (Lipinski definition) is 1. The first-order valence-electron chi connectivity index (χ1n) is 5.71. The molecule has 0 saturated heterocycles. The molecule has 2 nitrogen and oxygen atoms in total. The monoisotopic (exact) mass is 264 g/mol. The van der Waals surface area contributed by atoms with E-state index in [1.54, 1.807) is 18.3 Å². The van der Waals surface area contributed by atoms with Crippen LogP contribution < -0.4 is 5.32 Å². The first-order chi connectivity index (χ1) is 8.66. The van der Waals surface area contributed by atoms with Crippen molar-refractivity contribution in [2.45, 2.75) is 20.0 Å². The summed E-state index contributed by atoms with van der Waals surface area (Å²) in [4.78, 5) is 4.03. The van der Waals surface area contributed by atoms with Gasteiger partial charge in [0, 0.05) is 36.1 Å². The van der Waals surface area contributed by atoms with Gasteiger partial charge in [-0.1, -0.05) is 11.6 Å². The van der Waals surface area contributed by atoms with Crippen molar-refractivity contribution in [3.63, 3.8) is 0 Å². The highest BCUT2D eigenvalue weighted by Crippen LogP contribution is 2.15. The van der Waals surface area contributed by atoms with Crippen molar-refractivity contribution in [3.05, 3.63) is 64.2 Å². The van der Waals surface area contributed by atoms with Gasteiger partial charge in [-0.2, -0.15) is 0 Å². The van der Waals surface area contributed by atoms with Crippen LogP contribution in [0.25, 0.3) is 0 Å². The standard InChI is InChI=1S/C14H14ClFN2/c1-10-7-17-5-4-11(10)8-18-9-12-6-13(15)2-3-14(12)16/h2-7,18H,8-9H2,1H3. The molecule has 0 aliphatic heterocycles. The maximum Gasteiger partial charge on any atom is 0.127 e. The second-order valence-electron chi connectivity index (χ2n) is 4.14. The number of hydrogen-bond acceptors (Lipinski definition) is 2. The Morgan fingerprint density at radius 1 is 1.22 bits per heavy atom. The fourth-order valence-corrected chi connectivity index (χ4v) is 1.91. The van der Waals surface area contributed by atoms with Crippen molar-refractivity contribution < 1.29 is 4.39 Å². The zero-order valence-electron chi connectivity index (χ0n) is 10.1. The predicted octanol–water partition coefficient (Wildman–Crippen LogP) is 3.47. The normalized spacial score (nSPS) is 10.6. The summed E-state index contributed by atoms with van der Waals surface area (Å²) in [6.07, 6.45) is 3.57. The fourth-order valence-electron chi connectivity index (χ4n) is 1.71. The minimum atomic E-state index is -0.238. The molecular formula is C14H14ClFN2. The second-order valence-corrected chi connectivity index (χ2v) is 4.58. The van der Waals surface area contributed by atoms with Gasteiger partial charge in [-0.3, -0.25) is 4.98 Å². The van der Waals surface area contributed by atoms with Crippen molar-refractivity contribution >= 4 is 11.6 Å². The molecule has 4 heteroatoms. The number of aryl methyl sites for hydroxylation is 1. The zero-order chi connectivity index (χ0) is 13.0. The number of aromatic nitrogens is 1. The van der Waals surface area contributed by atoms with Gasteiger partial charge in [0.05, 0.1) is 0 Å². The molecule has 1 aromatic carbocycles. The van der Waals surface area contributed by atoms with Crippen LogP contribution in [-0.4, -0.2) is 4.98 Å². The van der Waals surface area contributed by atoms with Crippen LogP contribution in [0.15, 0.2) is 36.7 Å². The maximum atomic E-state index is 13.5. The number of benzene rings is 1. The molecule has 0 spiro atoms. The van der Waals surface area contributed by atoms with Crippen molar-refractivity contribution in [1.82, 2.24) is 10.3 Å². The van der Waals surface area contributed by atoms with E-state index in [1.807, 2.05) is 19.2 Å². The molecule has 0 radical (unpaired) electrons. The highest BCUT2D eigenvalue weighted by atomic mass is 35.5. The molecule has 0 unspecified atom stereocenters. The third-order valence-corrected chi connectivity index (χ3v) is 3.01. The molecule has 1 heterocycles. The third-order valence-electron chi connectivity index (χ3n) is 2.78. The van der Waals surface area contributed by atoms with Crippen LogP contribution in [0.4, 0.5) is 4.39 Å². The summed E-state index contributed by atoms with van der Waals surface area (Å²) in [7, 11) is 0. The van der Waals surface area contributed by atoms with Crippen LogP contribution in [0.2, 0.25) is 5.02 Å². The van der Waals surface area contributed by atoms with Gasteiger partial charge in [-0.05, 0) is 42.3 Å². The Hall–Kier alpha value is -1.45. The Kier molecular flexibility index (Phi) is 4.28. The first-order valence-corrected chi connectivity index (χ1v) is 6.09. The molecule has 0 atom stereocenters. The van der Waals surface area contributed by atoms with E-state index in [0.29, 0.717) is 23.7 Å². The van der Waals surface area contributed by atoms with Crippen molar-refractivity contribution in [1.29, 1.82) is 0 Å². The molecule has 2 rings (SSSR count). The predicted molar refractivity (Wildman–Crippen MR) is 70.9 cm³/mol. The molecule has 0 aliphatic rings. The van der Waals surface area contributed by atoms with Crippen molar-refractivity contribution in [2.24, 2.45) is 0 Å². The van der Waals surface area contributed by atoms with E-state index in [2.05, 4.69) is 10.3 Å². The number of pyridine rings is 1. The Bertz CT molecular complexity index is 543. The van der Waals surface area contributed by atoms with E-state index >= 15 is 0 Å². The van der Waals surface area contributed by atoms with Crippen LogP contribution in [-0.2, 0) is 13.1 Å². The first kappa shape index (κ1) is 13.0. The molecular weight excluding hydrogens is 251 g/mol. The van der Waals surface area contributed by atoms with Gasteiger partial charge in [0.15, 0.2) is 0 Å². The quantitative estimate of drug-likeness (QED) is 0.915. The highest BCUT2D eigenvalue weighted by molar-refractivity contribution is 6.30. The topological polar surface area (TPSA) is 24.9 Å². The van der Waals surface area contributed by atoms with Crippen LogP contribution in [0.1, 0.15) is 16.7 Å². The minimum Gasteiger partial charge on any atom is -0.308 e. The smallest absolute Gasteiger partial charge is 0.127 e. The second kappa shape index (κ2) is 5.94. The van der Waals surface area contributed by atoms with Crippen molar-refractivity contribution in [2.75, 3.05) is 0 Å². The summed E-state index contributed by atoms with van der Waals surface area (Å²) in [5.41, 5.74) is 2.86. The van der Waals surface area contributed by atoms with E-state index in [4.69, 9.17) is 11.6 Å². The molecule has 0 amide bonds. The van der Waals surface area contributed by atoms with Gasteiger partial charge >= 0.3 is 0 Å². The lowest BCUT2D eigenvalue weighted by atomic mass is 10.1. The average molecular weight is 265 g/mol. The average Bonchev–Trinajstić information content (AvgIpc) is 2.36. The molecule has 1 N–H and O–H groups in total. The largest absolute Gasteiger partial charge is 0.308 e. The lowest BCUT2D eigenvalue weighted by molar-refractivity contribution is 0.587. The van der Waals surface area contributed by atoms with E-state index in [9.17, 15) is 4.39 Å². The number of nitrogens with zero attached hydrogens (tertiary/aromatic N) is 1. The van der Waals surface area contributed by atoms with E-state index < -0.39 is 0 Å². The molecule has 94 valence electrons. The van der Waals surface area contributed by atoms with Gasteiger partial charge in [0.2, 0.25) is 0 Å². The summed E-state index contributed by atoms with van der Waals surface area (Å²) in [5.74, 6) is -0.238. The number of rotatable bonds is 4. The Balaban J connectivity index is 1.96. The summed E-state index contributed by atoms with van der Waals surface area (Å²) in [5, 5.41) is 3.75. The van der Waals surface area contributed by atoms with Gasteiger partial charge in [-0.25, -0.2) is 4.39 Å². The zero-order valence-corrected chi connectivity index (χ0v) is 10.8. The third kappa shape index (κ3) is 3.28. The minimum absolute atomic E-state index is 0.238. The summed E-state index contributed by atoms with van der Waals surface area (Å²) < 4.78 is 13.5. The molecule has 2 aromatic rings. The summed E-state index contributed by atoms with van der Waals surface area (Å²) in [6.45, 7) is 3.14. The summed E-state index contributed by atoms with van der Waals surface area (Å²) >= 11 is 5.84. The van der Waals surface area contributed by atoms with Crippen LogP contribution in [0.5, 0.6) is 0 Å². The van der Waals surface area contributed by atoms with Gasteiger partial charge in [0.25, 0.3) is 0 Å². The number of halogens is 2. The molecule has 0 aliphatic carbocycles. The van der Waals surface area contributed by atoms with Gasteiger partial charge < -0.3 is 5.32 Å². The summed E-state index contributed by atoms with van der Waals surface area (Å²) in [6, 6.07) is 6.53. The molecule has 0 bridgehead atoms. The SMILES string of the molecule is Cc1cnccc1CNCc1cc(Cl)ccc1F. The molecule has 0 fully saturated rings. The lowest BCUT2D eigenvalue weighted by Crippen LogP contribution is -2.14. The van der Waals surface area contributed by atoms with E-state index in [0.717, 1.165) is 11.1 Å². The van der Waals surface area contributed by atoms with Crippen LogP contribution >= 0.6 is 11.6 Å². The number of nitrogens with one attached hydrogen (secondary N) is 1. The Labute approximate surface area is 111 Å². The fraction of sp³-hybridized carbons (Fsp3) is 0.214. The van der Waals surface area contributed by atoms with Crippen LogP contribution in [0.3, 0.4) is 0 Å². The Morgan fingerprint density at radius 3 is 2.78 bits per heavy atom. The van der Waals surface area contributed by atoms with Crippen LogP contribution in [0, 0.1) is 12.7 Å². The van der Waals surface area contributed by atoms with E-state index in [1.165, 1.54) is 6.07 Å². The molecule has 18 heavy (non-hydrogen) atoms.